The van der Waals surface area contributed by atoms with E-state index in [1.54, 1.807) is 0 Å². The summed E-state index contributed by atoms with van der Waals surface area (Å²) in [7, 11) is 0.299. The lowest BCUT2D eigenvalue weighted by molar-refractivity contribution is -0.270. The monoisotopic (exact) mass is 319 g/mol. The summed E-state index contributed by atoms with van der Waals surface area (Å²) in [6.45, 7) is 0. The van der Waals surface area contributed by atoms with E-state index in [9.17, 15) is 19.0 Å². The molecule has 0 aliphatic carbocycles. The highest BCUT2D eigenvalue weighted by Crippen LogP contribution is 2.48. The van der Waals surface area contributed by atoms with Crippen LogP contribution in [0.1, 0.15) is 0 Å². The van der Waals surface area contributed by atoms with Crippen molar-refractivity contribution >= 4 is 22.9 Å². The molecule has 0 bridgehead atoms. The third-order valence-corrected chi connectivity index (χ3v) is 5.43. The van der Waals surface area contributed by atoms with Gasteiger partial charge in [0.1, 0.15) is 16.9 Å². The fourth-order valence-corrected chi connectivity index (χ4v) is 3.30. The van der Waals surface area contributed by atoms with Crippen LogP contribution in [0.2, 0.25) is 0 Å². The Hall–Kier alpha value is -0.270. The smallest absolute Gasteiger partial charge is 0.336 e. The molecule has 2 atom stereocenters. The van der Waals surface area contributed by atoms with Gasteiger partial charge in [-0.25, -0.2) is 4.79 Å². The molecule has 0 rings (SSSR count). The molecule has 0 fully saturated rings. The van der Waals surface area contributed by atoms with Crippen LogP contribution in [0.5, 0.6) is 0 Å². The minimum absolute atomic E-state index is 1.06. The van der Waals surface area contributed by atoms with Gasteiger partial charge in [0.05, 0.1) is 0 Å². The second-order valence-electron chi connectivity index (χ2n) is 3.50. The normalized spacial score (nSPS) is 17.3. The molecule has 2 unspecified atom stereocenters. The average Bonchev–Trinajstić information content (AvgIpc) is 2.43. The van der Waals surface area contributed by atoms with E-state index in [0.29, 0.717) is 0 Å². The SMILES string of the molecule is COC(OC)([PH2]=O)C(N)(C(=O)O)C(OC)(OC)[PH2]=O. The van der Waals surface area contributed by atoms with E-state index < -0.39 is 39.5 Å². The molecule has 0 amide bonds. The van der Waals surface area contributed by atoms with Crippen molar-refractivity contribution in [1.29, 1.82) is 0 Å². The maximum absolute atomic E-state index is 11.6. The summed E-state index contributed by atoms with van der Waals surface area (Å²) in [6, 6.07) is 0. The molecule has 3 N–H and O–H groups in total. The van der Waals surface area contributed by atoms with Crippen LogP contribution in [0, 0.1) is 0 Å². The lowest BCUT2D eigenvalue weighted by Gasteiger charge is -2.47. The molecule has 0 spiro atoms. The maximum Gasteiger partial charge on any atom is 0.336 e. The number of rotatable bonds is 9. The number of hydrogen-bond acceptors (Lipinski definition) is 8. The van der Waals surface area contributed by atoms with E-state index in [2.05, 4.69) is 0 Å². The molecule has 0 heterocycles. The fraction of sp³-hybridized carbons (Fsp3) is 0.875. The molecular weight excluding hydrogens is 300 g/mol. The Kier molecular flexibility index (Phi) is 6.85. The second kappa shape index (κ2) is 6.95. The van der Waals surface area contributed by atoms with Gasteiger partial charge in [-0.05, 0) is 0 Å². The first-order valence-corrected chi connectivity index (χ1v) is 7.06. The molecular formula is C8H19NO8P2. The molecule has 0 aliphatic heterocycles. The van der Waals surface area contributed by atoms with E-state index in [0.717, 1.165) is 28.4 Å². The zero-order valence-corrected chi connectivity index (χ0v) is 13.3. The molecule has 0 aliphatic rings. The van der Waals surface area contributed by atoms with Gasteiger partial charge in [0, 0.05) is 28.4 Å². The Morgan fingerprint density at radius 1 is 0.947 bits per heavy atom. The van der Waals surface area contributed by atoms with E-state index >= 15 is 0 Å². The van der Waals surface area contributed by atoms with Crippen molar-refractivity contribution in [3.05, 3.63) is 0 Å². The predicted octanol–water partition coefficient (Wildman–Crippen LogP) is -0.826. The van der Waals surface area contributed by atoms with E-state index in [1.165, 1.54) is 0 Å². The maximum atomic E-state index is 11.6. The first-order valence-electron chi connectivity index (χ1n) is 4.96. The lowest BCUT2D eigenvalue weighted by atomic mass is 9.98. The summed E-state index contributed by atoms with van der Waals surface area (Å²) in [4.78, 5) is 11.6. The Labute approximate surface area is 112 Å². The first-order chi connectivity index (χ1) is 8.81. The summed E-state index contributed by atoms with van der Waals surface area (Å²) >= 11 is 0. The molecule has 9 nitrogen and oxygen atoms in total. The highest BCUT2D eigenvalue weighted by Gasteiger charge is 2.70. The molecule has 0 aromatic carbocycles. The third kappa shape index (κ3) is 2.52. The third-order valence-electron chi connectivity index (χ3n) is 2.96. The standard InChI is InChI=1S/C8H19NO8P2/c1-14-7(15-2,18-12)6(9,5(10)11)8(16-3,17-4)19-13/h9,18-19H2,1-4H3,(H,10,11). The van der Waals surface area contributed by atoms with Gasteiger partial charge in [-0.3, -0.25) is 0 Å². The molecule has 0 saturated heterocycles. The van der Waals surface area contributed by atoms with Crippen LogP contribution >= 0.6 is 16.9 Å². The fourth-order valence-electron chi connectivity index (χ4n) is 1.73. The van der Waals surface area contributed by atoms with E-state index in [-0.39, 0.29) is 0 Å². The summed E-state index contributed by atoms with van der Waals surface area (Å²) in [5.41, 5.74) is -1.26. The number of hydrogen-bond donors (Lipinski definition) is 2. The van der Waals surface area contributed by atoms with Crippen molar-refractivity contribution in [3.63, 3.8) is 0 Å². The van der Waals surface area contributed by atoms with Gasteiger partial charge < -0.3 is 38.9 Å². The van der Waals surface area contributed by atoms with Gasteiger partial charge in [-0.15, -0.1) is 0 Å². The van der Waals surface area contributed by atoms with Crippen LogP contribution < -0.4 is 5.73 Å². The van der Waals surface area contributed by atoms with Gasteiger partial charge in [-0.2, -0.15) is 0 Å². The van der Waals surface area contributed by atoms with E-state index in [4.69, 9.17) is 24.7 Å². The number of carbonyl (C=O) groups is 1. The van der Waals surface area contributed by atoms with E-state index in [1.807, 2.05) is 0 Å². The average molecular weight is 319 g/mol. The minimum atomic E-state index is -2.60. The quantitative estimate of drug-likeness (QED) is 0.412. The van der Waals surface area contributed by atoms with Crippen molar-refractivity contribution in [2.75, 3.05) is 28.4 Å². The Morgan fingerprint density at radius 2 is 1.21 bits per heavy atom. The molecule has 114 valence electrons. The number of carboxylic acids is 1. The number of carboxylic acid groups (broad SMARTS) is 1. The highest BCUT2D eigenvalue weighted by molar-refractivity contribution is 7.27. The number of nitrogens with two attached hydrogens (primary N) is 1. The number of aliphatic carboxylic acids is 1. The van der Waals surface area contributed by atoms with Crippen LogP contribution in [-0.2, 0) is 32.9 Å². The van der Waals surface area contributed by atoms with Crippen LogP contribution in [0.4, 0.5) is 0 Å². The second-order valence-corrected chi connectivity index (χ2v) is 5.49. The van der Waals surface area contributed by atoms with Crippen molar-refractivity contribution < 1.29 is 38.0 Å². The summed E-state index contributed by atoms with van der Waals surface area (Å²) < 4.78 is 42.4. The predicted molar refractivity (Wildman–Crippen MR) is 68.8 cm³/mol. The molecule has 0 saturated carbocycles. The van der Waals surface area contributed by atoms with Gasteiger partial charge in [-0.1, -0.05) is 0 Å². The largest absolute Gasteiger partial charge is 0.480 e. The summed E-state index contributed by atoms with van der Waals surface area (Å²) in [6.07, 6.45) is 0. The van der Waals surface area contributed by atoms with Crippen LogP contribution in [0.3, 0.4) is 0 Å². The lowest BCUT2D eigenvalue weighted by Crippen LogP contribution is -2.75. The van der Waals surface area contributed by atoms with Crippen molar-refractivity contribution in [3.8, 4) is 0 Å². The molecule has 0 aromatic heterocycles. The topological polar surface area (TPSA) is 134 Å². The Balaban J connectivity index is 6.35. The Bertz CT molecular complexity index is 331. The molecule has 0 radical (unpaired) electrons. The van der Waals surface area contributed by atoms with Gasteiger partial charge in [0.15, 0.2) is 0 Å². The van der Waals surface area contributed by atoms with Crippen LogP contribution in [-0.4, -0.2) is 56.1 Å². The van der Waals surface area contributed by atoms with Gasteiger partial charge in [0.2, 0.25) is 5.54 Å². The minimum Gasteiger partial charge on any atom is -0.480 e. The number of ether oxygens (including phenoxy) is 4. The van der Waals surface area contributed by atoms with Crippen molar-refractivity contribution in [2.45, 2.75) is 16.6 Å². The van der Waals surface area contributed by atoms with Crippen molar-refractivity contribution in [2.24, 2.45) is 5.73 Å². The zero-order chi connectivity index (χ0) is 15.3. The molecule has 19 heavy (non-hydrogen) atoms. The summed E-state index contributed by atoms with van der Waals surface area (Å²) in [5.74, 6) is -1.69. The Morgan fingerprint density at radius 3 is 1.32 bits per heavy atom. The number of methoxy groups -OCH3 is 4. The van der Waals surface area contributed by atoms with Gasteiger partial charge in [0.25, 0.3) is 11.1 Å². The van der Waals surface area contributed by atoms with Crippen molar-refractivity contribution in [1.82, 2.24) is 0 Å². The first kappa shape index (κ1) is 18.7. The van der Waals surface area contributed by atoms with Gasteiger partial charge >= 0.3 is 5.97 Å². The highest BCUT2D eigenvalue weighted by atomic mass is 31.1. The molecule has 11 heteroatoms. The molecule has 0 aromatic rings. The van der Waals surface area contributed by atoms with Crippen LogP contribution in [0.25, 0.3) is 0 Å². The zero-order valence-electron chi connectivity index (χ0n) is 11.0. The van der Waals surface area contributed by atoms with Crippen LogP contribution in [0.15, 0.2) is 0 Å². The summed E-state index contributed by atoms with van der Waals surface area (Å²) in [5, 5.41) is 9.39.